The smallest absolute Gasteiger partial charge is 0.432 e. The molecule has 9 nitrogen and oxygen atoms in total. The van der Waals surface area contributed by atoms with Gasteiger partial charge in [-0.15, -0.1) is 0 Å². The predicted molar refractivity (Wildman–Crippen MR) is 81.6 cm³/mol. The van der Waals surface area contributed by atoms with Crippen LogP contribution in [0, 0.1) is 0 Å². The molecule has 3 aromatic rings. The van der Waals surface area contributed by atoms with E-state index >= 15 is 0 Å². The molecule has 144 valence electrons. The van der Waals surface area contributed by atoms with Crippen molar-refractivity contribution in [2.24, 2.45) is 0 Å². The van der Waals surface area contributed by atoms with Crippen LogP contribution in [0.4, 0.5) is 13.2 Å². The molecule has 1 fully saturated rings. The fraction of sp³-hybridized carbons (Fsp3) is 0.357. The van der Waals surface area contributed by atoms with E-state index in [0.717, 1.165) is 25.0 Å². The molecule has 3 heterocycles. The van der Waals surface area contributed by atoms with Crippen LogP contribution in [-0.2, 0) is 22.7 Å². The van der Waals surface area contributed by atoms with Gasteiger partial charge in [-0.05, 0) is 31.0 Å². The van der Waals surface area contributed by atoms with Crippen LogP contribution >= 0.6 is 0 Å². The van der Waals surface area contributed by atoms with Crippen LogP contribution in [-0.4, -0.2) is 28.8 Å². The molecule has 1 aliphatic rings. The molecule has 1 aliphatic carbocycles. The Morgan fingerprint density at radius 1 is 1.30 bits per heavy atom. The Balaban J connectivity index is 1.46. The maximum atomic E-state index is 12.6. The van der Waals surface area contributed by atoms with Gasteiger partial charge in [0.15, 0.2) is 11.6 Å². The summed E-state index contributed by atoms with van der Waals surface area (Å²) < 4.78 is 74.7. The van der Waals surface area contributed by atoms with E-state index in [-0.39, 0.29) is 29.8 Å². The van der Waals surface area contributed by atoms with Gasteiger partial charge in [0, 0.05) is 5.92 Å². The summed E-state index contributed by atoms with van der Waals surface area (Å²) in [6.45, 7) is -0.237. The highest BCUT2D eigenvalue weighted by atomic mass is 32.2. The van der Waals surface area contributed by atoms with E-state index in [2.05, 4.69) is 20.0 Å². The molecular formula is C14H12F3N5O4S. The second-order valence-electron chi connectivity index (χ2n) is 5.93. The summed E-state index contributed by atoms with van der Waals surface area (Å²) in [5.41, 5.74) is -1.24. The van der Waals surface area contributed by atoms with Gasteiger partial charge in [0.2, 0.25) is 11.0 Å². The van der Waals surface area contributed by atoms with Crippen LogP contribution < -0.4 is 4.72 Å². The van der Waals surface area contributed by atoms with Crippen molar-refractivity contribution in [1.82, 2.24) is 25.1 Å². The monoisotopic (exact) mass is 403 g/mol. The maximum absolute atomic E-state index is 12.6. The van der Waals surface area contributed by atoms with Crippen LogP contribution in [0.25, 0.3) is 11.5 Å². The third kappa shape index (κ3) is 3.73. The van der Waals surface area contributed by atoms with Crippen LogP contribution in [0.3, 0.4) is 0 Å². The number of aromatic amines is 1. The first-order valence-corrected chi connectivity index (χ1v) is 9.25. The number of alkyl halides is 3. The standard InChI is InChI=1S/C14H12F3N5O4S/c15-14(16,17)10-5-8(20-21-10)9-3-4-12(25-9)27(23,24)18-6-11-19-13(22-26-11)7-1-2-7/h3-5,7,18H,1-2,6H2,(H,20,21). The number of nitrogens with zero attached hydrogens (tertiary/aromatic N) is 3. The lowest BCUT2D eigenvalue weighted by molar-refractivity contribution is -0.141. The van der Waals surface area contributed by atoms with E-state index in [9.17, 15) is 21.6 Å². The van der Waals surface area contributed by atoms with Crippen molar-refractivity contribution in [3.8, 4) is 11.5 Å². The minimum absolute atomic E-state index is 0.106. The number of H-pyrrole nitrogens is 1. The summed E-state index contributed by atoms with van der Waals surface area (Å²) in [7, 11) is -4.07. The van der Waals surface area contributed by atoms with Crippen LogP contribution in [0.5, 0.6) is 0 Å². The number of rotatable bonds is 6. The van der Waals surface area contributed by atoms with Crippen LogP contribution in [0.2, 0.25) is 0 Å². The zero-order chi connectivity index (χ0) is 19.2. The minimum Gasteiger partial charge on any atom is -0.442 e. The summed E-state index contributed by atoms with van der Waals surface area (Å²) in [4.78, 5) is 4.09. The number of hydrogen-bond acceptors (Lipinski definition) is 7. The Kier molecular flexibility index (Phi) is 4.07. The average Bonchev–Trinajstić information content (AvgIpc) is 3.07. The van der Waals surface area contributed by atoms with Gasteiger partial charge in [0.05, 0.1) is 6.54 Å². The number of nitrogens with one attached hydrogen (secondary N) is 2. The molecule has 4 rings (SSSR count). The van der Waals surface area contributed by atoms with Gasteiger partial charge in [-0.1, -0.05) is 5.16 Å². The van der Waals surface area contributed by atoms with E-state index < -0.39 is 27.0 Å². The van der Waals surface area contributed by atoms with Crippen molar-refractivity contribution in [3.05, 3.63) is 35.6 Å². The largest absolute Gasteiger partial charge is 0.442 e. The molecular weight excluding hydrogens is 391 g/mol. The molecule has 0 aromatic carbocycles. The lowest BCUT2D eigenvalue weighted by Gasteiger charge is -2.00. The zero-order valence-electron chi connectivity index (χ0n) is 13.4. The number of hydrogen-bond donors (Lipinski definition) is 2. The fourth-order valence-corrected chi connectivity index (χ4v) is 3.17. The Hall–Kier alpha value is -2.67. The topological polar surface area (TPSA) is 127 Å². The maximum Gasteiger partial charge on any atom is 0.432 e. The first-order valence-electron chi connectivity index (χ1n) is 7.77. The summed E-state index contributed by atoms with van der Waals surface area (Å²) in [5.74, 6) is 0.788. The number of furan rings is 1. The SMILES string of the molecule is O=S(=O)(NCc1nc(C2CC2)no1)c1ccc(-c2cc(C(F)(F)F)[nH]n2)o1. The molecule has 3 aromatic heterocycles. The van der Waals surface area contributed by atoms with Crippen molar-refractivity contribution < 1.29 is 30.5 Å². The molecule has 13 heteroatoms. The molecule has 0 atom stereocenters. The first-order chi connectivity index (χ1) is 12.7. The molecule has 0 radical (unpaired) electrons. The molecule has 0 aliphatic heterocycles. The average molecular weight is 403 g/mol. The molecule has 0 saturated heterocycles. The summed E-state index contributed by atoms with van der Waals surface area (Å²) >= 11 is 0. The predicted octanol–water partition coefficient (Wildman–Crippen LogP) is 2.43. The highest BCUT2D eigenvalue weighted by molar-refractivity contribution is 7.89. The molecule has 0 bridgehead atoms. The van der Waals surface area contributed by atoms with Crippen molar-refractivity contribution in [2.75, 3.05) is 0 Å². The number of sulfonamides is 1. The summed E-state index contributed by atoms with van der Waals surface area (Å²) in [5, 5.41) is 8.60. The normalized spacial score (nSPS) is 15.4. The third-order valence-electron chi connectivity index (χ3n) is 3.82. The van der Waals surface area contributed by atoms with Crippen LogP contribution in [0.15, 0.2) is 32.2 Å². The zero-order valence-corrected chi connectivity index (χ0v) is 14.3. The van der Waals surface area contributed by atoms with Gasteiger partial charge < -0.3 is 8.94 Å². The van der Waals surface area contributed by atoms with Crippen molar-refractivity contribution >= 4 is 10.0 Å². The Morgan fingerprint density at radius 2 is 2.07 bits per heavy atom. The van der Waals surface area contributed by atoms with Crippen LogP contribution in [0.1, 0.15) is 36.2 Å². The highest BCUT2D eigenvalue weighted by Crippen LogP contribution is 2.38. The van der Waals surface area contributed by atoms with Crippen molar-refractivity contribution in [3.63, 3.8) is 0 Å². The minimum atomic E-state index is -4.60. The van der Waals surface area contributed by atoms with Gasteiger partial charge in [-0.3, -0.25) is 5.10 Å². The fourth-order valence-electron chi connectivity index (χ4n) is 2.27. The molecule has 0 spiro atoms. The summed E-state index contributed by atoms with van der Waals surface area (Å²) in [6.07, 6.45) is -2.65. The van der Waals surface area contributed by atoms with E-state index in [0.29, 0.717) is 5.82 Å². The van der Waals surface area contributed by atoms with Gasteiger partial charge in [0.25, 0.3) is 10.0 Å². The van der Waals surface area contributed by atoms with Gasteiger partial charge >= 0.3 is 6.18 Å². The van der Waals surface area contributed by atoms with E-state index in [4.69, 9.17) is 8.94 Å². The Bertz CT molecular complexity index is 1060. The van der Waals surface area contributed by atoms with E-state index in [1.807, 2.05) is 5.10 Å². The molecule has 0 amide bonds. The first kappa shape index (κ1) is 17.7. The lowest BCUT2D eigenvalue weighted by Crippen LogP contribution is -2.23. The highest BCUT2D eigenvalue weighted by Gasteiger charge is 2.34. The quantitative estimate of drug-likeness (QED) is 0.647. The Labute approximate surface area is 150 Å². The van der Waals surface area contributed by atoms with Crippen molar-refractivity contribution in [2.45, 2.75) is 36.6 Å². The second-order valence-corrected chi connectivity index (χ2v) is 7.63. The van der Waals surface area contributed by atoms with Gasteiger partial charge in [0.1, 0.15) is 11.4 Å². The van der Waals surface area contributed by atoms with Gasteiger partial charge in [-0.2, -0.15) is 28.0 Å². The third-order valence-corrected chi connectivity index (χ3v) is 5.10. The van der Waals surface area contributed by atoms with E-state index in [1.54, 1.807) is 0 Å². The Morgan fingerprint density at radius 3 is 2.74 bits per heavy atom. The number of halogens is 3. The van der Waals surface area contributed by atoms with Crippen molar-refractivity contribution in [1.29, 1.82) is 0 Å². The molecule has 2 N–H and O–H groups in total. The summed E-state index contributed by atoms with van der Waals surface area (Å²) in [6, 6.07) is 3.05. The van der Waals surface area contributed by atoms with Gasteiger partial charge in [-0.25, -0.2) is 8.42 Å². The molecule has 1 saturated carbocycles. The van der Waals surface area contributed by atoms with E-state index in [1.165, 1.54) is 6.07 Å². The number of aromatic nitrogens is 4. The second kappa shape index (κ2) is 6.20. The molecule has 0 unspecified atom stereocenters. The lowest BCUT2D eigenvalue weighted by atomic mass is 10.3. The molecule has 27 heavy (non-hydrogen) atoms.